The molecule has 0 bridgehead atoms. The van der Waals surface area contributed by atoms with E-state index in [0.29, 0.717) is 16.3 Å². The number of hydrogen-bond acceptors (Lipinski definition) is 2. The predicted molar refractivity (Wildman–Crippen MR) is 131 cm³/mol. The molecule has 0 saturated carbocycles. The smallest absolute Gasteiger partial charge is 0.255 e. The number of carbonyl (C=O) groups is 2. The fourth-order valence-electron chi connectivity index (χ4n) is 4.26. The first-order valence-corrected chi connectivity index (χ1v) is 11.1. The molecule has 33 heavy (non-hydrogen) atoms. The molecule has 0 aliphatic carbocycles. The number of hydrogen-bond donors (Lipinski definition) is 1. The molecule has 1 aliphatic rings. The van der Waals surface area contributed by atoms with Crippen molar-refractivity contribution in [3.05, 3.63) is 125 Å². The van der Waals surface area contributed by atoms with Gasteiger partial charge < -0.3 is 10.2 Å². The Balaban J connectivity index is 1.57. The van der Waals surface area contributed by atoms with Gasteiger partial charge in [0, 0.05) is 21.8 Å². The summed E-state index contributed by atoms with van der Waals surface area (Å²) in [4.78, 5) is 28.1. The van der Waals surface area contributed by atoms with E-state index in [1.165, 1.54) is 0 Å². The monoisotopic (exact) mass is 452 g/mol. The zero-order chi connectivity index (χ0) is 22.8. The van der Waals surface area contributed by atoms with Crippen LogP contribution in [0.1, 0.15) is 27.5 Å². The van der Waals surface area contributed by atoms with Crippen molar-refractivity contribution in [3.8, 4) is 11.1 Å². The standard InChI is InChI=1S/C28H21ClN2O2/c29-23-15-16-25-24(17-23)27(21-9-5-2-6-10-21)31(18-26(32)30-25)28(33)22-13-11-20(12-14-22)19-7-3-1-4-8-19/h1-17,27H,18H2,(H,30,32)/t27-/m0/s1. The number of carbonyl (C=O) groups excluding carboxylic acids is 2. The molecule has 2 amide bonds. The van der Waals surface area contributed by atoms with Crippen molar-refractivity contribution < 1.29 is 9.59 Å². The molecule has 5 rings (SSSR count). The Bertz CT molecular complexity index is 1310. The molecule has 0 saturated heterocycles. The van der Waals surface area contributed by atoms with Crippen molar-refractivity contribution in [1.82, 2.24) is 4.90 Å². The molecule has 1 atom stereocenters. The summed E-state index contributed by atoms with van der Waals surface area (Å²) in [5, 5.41) is 3.47. The Labute approximate surface area is 197 Å². The summed E-state index contributed by atoms with van der Waals surface area (Å²) >= 11 is 6.32. The van der Waals surface area contributed by atoms with E-state index in [9.17, 15) is 9.59 Å². The third-order valence-corrected chi connectivity index (χ3v) is 6.06. The zero-order valence-corrected chi connectivity index (χ0v) is 18.5. The van der Waals surface area contributed by atoms with Crippen LogP contribution in [0.3, 0.4) is 0 Å². The fourth-order valence-corrected chi connectivity index (χ4v) is 4.44. The van der Waals surface area contributed by atoms with Crippen LogP contribution in [0.15, 0.2) is 103 Å². The average Bonchev–Trinajstić information content (AvgIpc) is 3.00. The maximum atomic E-state index is 13.7. The lowest BCUT2D eigenvalue weighted by atomic mass is 9.95. The number of rotatable bonds is 3. The van der Waals surface area contributed by atoms with Gasteiger partial charge in [-0.05, 0) is 47.0 Å². The fraction of sp³-hybridized carbons (Fsp3) is 0.0714. The highest BCUT2D eigenvalue weighted by Gasteiger charge is 2.34. The number of nitrogens with zero attached hydrogens (tertiary/aromatic N) is 1. The largest absolute Gasteiger partial charge is 0.324 e. The quantitative estimate of drug-likeness (QED) is 0.403. The molecule has 1 aliphatic heterocycles. The summed E-state index contributed by atoms with van der Waals surface area (Å²) in [6, 6.07) is 32.1. The summed E-state index contributed by atoms with van der Waals surface area (Å²) in [7, 11) is 0. The van der Waals surface area contributed by atoms with Crippen LogP contribution in [-0.4, -0.2) is 23.3 Å². The first kappa shape index (κ1) is 21.0. The highest BCUT2D eigenvalue weighted by molar-refractivity contribution is 6.30. The molecule has 0 unspecified atom stereocenters. The second-order valence-corrected chi connectivity index (χ2v) is 8.41. The number of halogens is 1. The van der Waals surface area contributed by atoms with Crippen LogP contribution in [0, 0.1) is 0 Å². The molecule has 0 radical (unpaired) electrons. The van der Waals surface area contributed by atoms with Crippen molar-refractivity contribution in [3.63, 3.8) is 0 Å². The molecule has 0 aromatic heterocycles. The Morgan fingerprint density at radius 2 is 1.45 bits per heavy atom. The van der Waals surface area contributed by atoms with Crippen LogP contribution < -0.4 is 5.32 Å². The van der Waals surface area contributed by atoms with Gasteiger partial charge in [-0.1, -0.05) is 84.4 Å². The second kappa shape index (κ2) is 8.93. The molecule has 4 aromatic rings. The zero-order valence-electron chi connectivity index (χ0n) is 17.7. The van der Waals surface area contributed by atoms with Crippen molar-refractivity contribution >= 4 is 29.1 Å². The van der Waals surface area contributed by atoms with Gasteiger partial charge in [0.1, 0.15) is 6.54 Å². The Kier molecular flexibility index (Phi) is 5.68. The van der Waals surface area contributed by atoms with Crippen LogP contribution in [0.4, 0.5) is 5.69 Å². The normalized spacial score (nSPS) is 15.4. The van der Waals surface area contributed by atoms with Crippen LogP contribution in [0.2, 0.25) is 5.02 Å². The van der Waals surface area contributed by atoms with E-state index in [-0.39, 0.29) is 18.4 Å². The highest BCUT2D eigenvalue weighted by atomic mass is 35.5. The first-order chi connectivity index (χ1) is 16.1. The third-order valence-electron chi connectivity index (χ3n) is 5.82. The lowest BCUT2D eigenvalue weighted by Crippen LogP contribution is -2.39. The summed E-state index contributed by atoms with van der Waals surface area (Å²) in [5.74, 6) is -0.460. The van der Waals surface area contributed by atoms with Gasteiger partial charge in [0.15, 0.2) is 0 Å². The predicted octanol–water partition coefficient (Wildman–Crippen LogP) is 6.19. The van der Waals surface area contributed by atoms with Crippen molar-refractivity contribution in [2.75, 3.05) is 11.9 Å². The highest BCUT2D eigenvalue weighted by Crippen LogP contribution is 2.38. The van der Waals surface area contributed by atoms with Gasteiger partial charge in [0.05, 0.1) is 6.04 Å². The minimum absolute atomic E-state index is 0.0644. The number of anilines is 1. The molecule has 5 heteroatoms. The van der Waals surface area contributed by atoms with Crippen molar-refractivity contribution in [1.29, 1.82) is 0 Å². The van der Waals surface area contributed by atoms with E-state index in [1.807, 2.05) is 91.0 Å². The SMILES string of the molecule is O=C1CN(C(=O)c2ccc(-c3ccccc3)cc2)[C@@H](c2ccccc2)c2cc(Cl)ccc2N1. The molecule has 162 valence electrons. The molecule has 0 fully saturated rings. The van der Waals surface area contributed by atoms with Gasteiger partial charge in [-0.15, -0.1) is 0 Å². The first-order valence-electron chi connectivity index (χ1n) is 10.7. The summed E-state index contributed by atoms with van der Waals surface area (Å²) < 4.78 is 0. The number of amides is 2. The minimum atomic E-state index is -0.458. The third kappa shape index (κ3) is 4.26. The maximum absolute atomic E-state index is 13.7. The summed E-state index contributed by atoms with van der Waals surface area (Å²) in [5.41, 5.74) is 4.98. The van der Waals surface area contributed by atoms with E-state index in [4.69, 9.17) is 11.6 Å². The number of nitrogens with one attached hydrogen (secondary N) is 1. The molecular weight excluding hydrogens is 432 g/mol. The van der Waals surface area contributed by atoms with E-state index >= 15 is 0 Å². The molecule has 4 aromatic carbocycles. The molecule has 0 spiro atoms. The van der Waals surface area contributed by atoms with E-state index in [0.717, 1.165) is 22.3 Å². The van der Waals surface area contributed by atoms with Gasteiger partial charge in [0.2, 0.25) is 5.91 Å². The lowest BCUT2D eigenvalue weighted by molar-refractivity contribution is -0.117. The van der Waals surface area contributed by atoms with E-state index < -0.39 is 6.04 Å². The molecule has 1 N–H and O–H groups in total. The minimum Gasteiger partial charge on any atom is -0.324 e. The molecule has 4 nitrogen and oxygen atoms in total. The van der Waals surface area contributed by atoms with Gasteiger partial charge in [-0.2, -0.15) is 0 Å². The van der Waals surface area contributed by atoms with Crippen molar-refractivity contribution in [2.45, 2.75) is 6.04 Å². The Hall–Kier alpha value is -3.89. The van der Waals surface area contributed by atoms with Gasteiger partial charge in [-0.3, -0.25) is 9.59 Å². The van der Waals surface area contributed by atoms with Crippen LogP contribution in [0.25, 0.3) is 11.1 Å². The van der Waals surface area contributed by atoms with Gasteiger partial charge >= 0.3 is 0 Å². The van der Waals surface area contributed by atoms with Crippen molar-refractivity contribution in [2.24, 2.45) is 0 Å². The number of benzene rings is 4. The molecular formula is C28H21ClN2O2. The average molecular weight is 453 g/mol. The van der Waals surface area contributed by atoms with Gasteiger partial charge in [0.25, 0.3) is 5.91 Å². The topological polar surface area (TPSA) is 49.4 Å². The Morgan fingerprint density at radius 1 is 0.818 bits per heavy atom. The van der Waals surface area contributed by atoms with Gasteiger partial charge in [-0.25, -0.2) is 0 Å². The Morgan fingerprint density at radius 3 is 2.15 bits per heavy atom. The van der Waals surface area contributed by atoms with Crippen LogP contribution in [-0.2, 0) is 4.79 Å². The number of fused-ring (bicyclic) bond motifs is 1. The van der Waals surface area contributed by atoms with E-state index in [2.05, 4.69) is 5.32 Å². The molecule has 1 heterocycles. The van der Waals surface area contributed by atoms with E-state index in [1.54, 1.807) is 17.0 Å². The lowest BCUT2D eigenvalue weighted by Gasteiger charge is -2.30. The second-order valence-electron chi connectivity index (χ2n) is 7.97. The maximum Gasteiger partial charge on any atom is 0.255 e. The summed E-state index contributed by atoms with van der Waals surface area (Å²) in [6.07, 6.45) is 0. The van der Waals surface area contributed by atoms with Crippen LogP contribution in [0.5, 0.6) is 0 Å². The summed E-state index contributed by atoms with van der Waals surface area (Å²) in [6.45, 7) is -0.0644. The van der Waals surface area contributed by atoms with Crippen LogP contribution >= 0.6 is 11.6 Å².